The van der Waals surface area contributed by atoms with Crippen LogP contribution in [0.5, 0.6) is 0 Å². The lowest BCUT2D eigenvalue weighted by Crippen LogP contribution is -2.42. The highest BCUT2D eigenvalue weighted by molar-refractivity contribution is 7.99. The van der Waals surface area contributed by atoms with E-state index in [0.717, 1.165) is 22.6 Å². The smallest absolute Gasteiger partial charge is 0.317 e. The number of carboxylic acids is 1. The first-order valence-electron chi connectivity index (χ1n) is 7.05. The van der Waals surface area contributed by atoms with Gasteiger partial charge in [0.25, 0.3) is 0 Å². The molecule has 120 valence electrons. The molecule has 0 saturated heterocycles. The summed E-state index contributed by atoms with van der Waals surface area (Å²) in [6, 6.07) is 5.34. The number of rotatable bonds is 4. The van der Waals surface area contributed by atoms with Gasteiger partial charge in [0, 0.05) is 29.3 Å². The lowest BCUT2D eigenvalue weighted by molar-refractivity contribution is -0.141. The van der Waals surface area contributed by atoms with Crippen molar-refractivity contribution in [3.63, 3.8) is 0 Å². The molecule has 0 aliphatic carbocycles. The summed E-state index contributed by atoms with van der Waals surface area (Å²) in [5.74, 6) is -0.584. The van der Waals surface area contributed by atoms with Crippen LogP contribution < -0.4 is 5.32 Å². The zero-order valence-electron chi connectivity index (χ0n) is 12.5. The van der Waals surface area contributed by atoms with Crippen LogP contribution in [0, 0.1) is 5.92 Å². The number of nitrogens with one attached hydrogen (secondary N) is 1. The first-order chi connectivity index (χ1) is 10.4. The highest BCUT2D eigenvalue weighted by Crippen LogP contribution is 2.37. The number of aliphatic carboxylic acids is 1. The standard InChI is InChI=1S/C15H19ClN2O3S/c1-9(14(19)20)8-18(2)15(21)17-12-5-6-22-13-4-3-10(16)7-11(12)13/h3-4,7,9,12H,5-6,8H2,1-2H3,(H,17,21)(H,19,20). The number of halogens is 1. The molecule has 1 aliphatic rings. The summed E-state index contributed by atoms with van der Waals surface area (Å²) in [6.07, 6.45) is 0.825. The molecule has 0 bridgehead atoms. The van der Waals surface area contributed by atoms with Crippen LogP contribution in [-0.2, 0) is 4.79 Å². The number of amides is 2. The number of fused-ring (bicyclic) bond motifs is 1. The lowest BCUT2D eigenvalue weighted by Gasteiger charge is -2.29. The van der Waals surface area contributed by atoms with E-state index in [1.807, 2.05) is 18.2 Å². The molecule has 2 N–H and O–H groups in total. The van der Waals surface area contributed by atoms with Gasteiger partial charge in [-0.2, -0.15) is 0 Å². The summed E-state index contributed by atoms with van der Waals surface area (Å²) in [4.78, 5) is 25.7. The van der Waals surface area contributed by atoms with Crippen molar-refractivity contribution < 1.29 is 14.7 Å². The summed E-state index contributed by atoms with van der Waals surface area (Å²) >= 11 is 7.80. The third kappa shape index (κ3) is 4.08. The van der Waals surface area contributed by atoms with Crippen molar-refractivity contribution in [1.29, 1.82) is 0 Å². The third-order valence-electron chi connectivity index (χ3n) is 3.63. The molecule has 0 aromatic heterocycles. The second kappa shape index (κ2) is 7.24. The number of hydrogen-bond acceptors (Lipinski definition) is 3. The van der Waals surface area contributed by atoms with Crippen molar-refractivity contribution in [2.75, 3.05) is 19.3 Å². The van der Waals surface area contributed by atoms with Crippen molar-refractivity contribution >= 4 is 35.4 Å². The van der Waals surface area contributed by atoms with E-state index in [2.05, 4.69) is 5.32 Å². The number of carbonyl (C=O) groups is 2. The second-order valence-corrected chi connectivity index (χ2v) is 7.01. The molecule has 2 unspecified atom stereocenters. The molecule has 2 atom stereocenters. The van der Waals surface area contributed by atoms with E-state index < -0.39 is 11.9 Å². The molecule has 7 heteroatoms. The molecule has 0 radical (unpaired) electrons. The number of urea groups is 1. The zero-order chi connectivity index (χ0) is 16.3. The van der Waals surface area contributed by atoms with Gasteiger partial charge in [0.1, 0.15) is 0 Å². The van der Waals surface area contributed by atoms with E-state index in [1.165, 1.54) is 4.90 Å². The van der Waals surface area contributed by atoms with Gasteiger partial charge in [0.15, 0.2) is 0 Å². The van der Waals surface area contributed by atoms with E-state index in [4.69, 9.17) is 16.7 Å². The normalized spacial score (nSPS) is 18.2. The van der Waals surface area contributed by atoms with Gasteiger partial charge in [-0.25, -0.2) is 4.79 Å². The van der Waals surface area contributed by atoms with Crippen molar-refractivity contribution in [2.24, 2.45) is 5.92 Å². The molecule has 1 aliphatic heterocycles. The molecule has 1 heterocycles. The highest BCUT2D eigenvalue weighted by Gasteiger charge is 2.25. The Balaban J connectivity index is 2.04. The maximum atomic E-state index is 12.2. The molecule has 2 rings (SSSR count). The molecule has 1 aromatic carbocycles. The van der Waals surface area contributed by atoms with Crippen LogP contribution in [0.15, 0.2) is 23.1 Å². The fraction of sp³-hybridized carbons (Fsp3) is 0.467. The van der Waals surface area contributed by atoms with Gasteiger partial charge in [-0.1, -0.05) is 18.5 Å². The van der Waals surface area contributed by atoms with Crippen LogP contribution in [0.4, 0.5) is 4.79 Å². The predicted octanol–water partition coefficient (Wildman–Crippen LogP) is 3.24. The van der Waals surface area contributed by atoms with Crippen molar-refractivity contribution in [3.05, 3.63) is 28.8 Å². The summed E-state index contributed by atoms with van der Waals surface area (Å²) in [7, 11) is 1.60. The van der Waals surface area contributed by atoms with E-state index >= 15 is 0 Å². The van der Waals surface area contributed by atoms with E-state index in [9.17, 15) is 9.59 Å². The summed E-state index contributed by atoms with van der Waals surface area (Å²) in [6.45, 7) is 1.75. The molecule has 2 amide bonds. The Bertz CT molecular complexity index is 582. The number of carboxylic acid groups (broad SMARTS) is 1. The maximum absolute atomic E-state index is 12.2. The minimum atomic E-state index is -0.911. The Morgan fingerprint density at radius 1 is 1.55 bits per heavy atom. The van der Waals surface area contributed by atoms with Gasteiger partial charge in [0.05, 0.1) is 12.0 Å². The van der Waals surface area contributed by atoms with Crippen LogP contribution in [-0.4, -0.2) is 41.4 Å². The van der Waals surface area contributed by atoms with Crippen LogP contribution in [0.1, 0.15) is 24.9 Å². The van der Waals surface area contributed by atoms with Gasteiger partial charge in [0.2, 0.25) is 0 Å². The SMILES string of the molecule is CC(CN(C)C(=O)NC1CCSc2ccc(Cl)cc21)C(=O)O. The predicted molar refractivity (Wildman–Crippen MR) is 87.5 cm³/mol. The average Bonchev–Trinajstić information content (AvgIpc) is 2.47. The molecule has 0 saturated carbocycles. The van der Waals surface area contributed by atoms with Crippen molar-refractivity contribution in [3.8, 4) is 0 Å². The number of carbonyl (C=O) groups excluding carboxylic acids is 1. The Kier molecular flexibility index (Phi) is 5.58. The van der Waals surface area contributed by atoms with Crippen LogP contribution in [0.3, 0.4) is 0 Å². The highest BCUT2D eigenvalue weighted by atomic mass is 35.5. The topological polar surface area (TPSA) is 69.6 Å². The number of hydrogen-bond donors (Lipinski definition) is 2. The van der Waals surface area contributed by atoms with E-state index in [1.54, 1.807) is 25.7 Å². The minimum Gasteiger partial charge on any atom is -0.481 e. The molecular weight excluding hydrogens is 324 g/mol. The fourth-order valence-corrected chi connectivity index (χ4v) is 3.63. The molecule has 0 fully saturated rings. The first-order valence-corrected chi connectivity index (χ1v) is 8.41. The second-order valence-electron chi connectivity index (χ2n) is 5.44. The van der Waals surface area contributed by atoms with E-state index in [-0.39, 0.29) is 18.6 Å². The van der Waals surface area contributed by atoms with E-state index in [0.29, 0.717) is 5.02 Å². The van der Waals surface area contributed by atoms with Crippen LogP contribution in [0.25, 0.3) is 0 Å². The van der Waals surface area contributed by atoms with Gasteiger partial charge in [-0.15, -0.1) is 11.8 Å². The quantitative estimate of drug-likeness (QED) is 0.881. The molecule has 0 spiro atoms. The maximum Gasteiger partial charge on any atom is 0.317 e. The monoisotopic (exact) mass is 342 g/mol. The third-order valence-corrected chi connectivity index (χ3v) is 4.98. The molecular formula is C15H19ClN2O3S. The Morgan fingerprint density at radius 3 is 2.95 bits per heavy atom. The number of benzene rings is 1. The zero-order valence-corrected chi connectivity index (χ0v) is 14.1. The van der Waals surface area contributed by atoms with Crippen molar-refractivity contribution in [1.82, 2.24) is 10.2 Å². The van der Waals surface area contributed by atoms with Crippen LogP contribution in [0.2, 0.25) is 5.02 Å². The Morgan fingerprint density at radius 2 is 2.27 bits per heavy atom. The summed E-state index contributed by atoms with van der Waals surface area (Å²) in [5, 5.41) is 12.5. The number of thioether (sulfide) groups is 1. The van der Waals surface area contributed by atoms with Gasteiger partial charge < -0.3 is 15.3 Å². The Labute approximate surface area is 139 Å². The van der Waals surface area contributed by atoms with Crippen LogP contribution >= 0.6 is 23.4 Å². The molecule has 1 aromatic rings. The number of nitrogens with zero attached hydrogens (tertiary/aromatic N) is 1. The van der Waals surface area contributed by atoms with Gasteiger partial charge in [-0.05, 0) is 30.2 Å². The molecule has 22 heavy (non-hydrogen) atoms. The van der Waals surface area contributed by atoms with Gasteiger partial charge >= 0.3 is 12.0 Å². The minimum absolute atomic E-state index is 0.0926. The fourth-order valence-electron chi connectivity index (χ4n) is 2.35. The Hall–Kier alpha value is -1.40. The average molecular weight is 343 g/mol. The first kappa shape index (κ1) is 17.0. The summed E-state index contributed by atoms with van der Waals surface area (Å²) in [5.41, 5.74) is 1.02. The molecule has 5 nitrogen and oxygen atoms in total. The summed E-state index contributed by atoms with van der Waals surface area (Å²) < 4.78 is 0. The largest absolute Gasteiger partial charge is 0.481 e. The van der Waals surface area contributed by atoms with Gasteiger partial charge in [-0.3, -0.25) is 4.79 Å². The van der Waals surface area contributed by atoms with Crippen molar-refractivity contribution in [2.45, 2.75) is 24.3 Å². The lowest BCUT2D eigenvalue weighted by atomic mass is 10.0.